The number of aliphatic hydroxyl groups excluding tert-OH is 1. The lowest BCUT2D eigenvalue weighted by Crippen LogP contribution is -2.68. The Bertz CT molecular complexity index is 756. The average molecular weight is 443 g/mol. The van der Waals surface area contributed by atoms with E-state index in [9.17, 15) is 5.11 Å². The molecule has 0 saturated carbocycles. The highest BCUT2D eigenvalue weighted by atomic mass is 32.2. The van der Waals surface area contributed by atoms with Crippen LogP contribution in [0.15, 0.2) is 60.7 Å². The van der Waals surface area contributed by atoms with E-state index < -0.39 is 8.32 Å². The topological polar surface area (TPSA) is 29.5 Å². The van der Waals surface area contributed by atoms with Crippen LogP contribution in [0.5, 0.6) is 0 Å². The van der Waals surface area contributed by atoms with Gasteiger partial charge in [-0.05, 0) is 39.4 Å². The Morgan fingerprint density at radius 2 is 1.40 bits per heavy atom. The van der Waals surface area contributed by atoms with Gasteiger partial charge in [0.2, 0.25) is 0 Å². The molecule has 1 aliphatic heterocycles. The van der Waals surface area contributed by atoms with E-state index in [1.807, 2.05) is 11.8 Å². The molecule has 0 aromatic heterocycles. The summed E-state index contributed by atoms with van der Waals surface area (Å²) < 4.78 is 7.32. The minimum atomic E-state index is -2.54. The van der Waals surface area contributed by atoms with Gasteiger partial charge in [0, 0.05) is 11.4 Å². The van der Waals surface area contributed by atoms with Crippen molar-refractivity contribution in [3.05, 3.63) is 60.7 Å². The van der Waals surface area contributed by atoms with E-state index in [4.69, 9.17) is 4.43 Å². The van der Waals surface area contributed by atoms with Crippen LogP contribution in [-0.4, -0.2) is 36.6 Å². The summed E-state index contributed by atoms with van der Waals surface area (Å²) >= 11 is 1.91. The van der Waals surface area contributed by atoms with Crippen molar-refractivity contribution in [1.29, 1.82) is 0 Å². The van der Waals surface area contributed by atoms with Crippen LogP contribution in [-0.2, 0) is 4.43 Å². The van der Waals surface area contributed by atoms with Crippen molar-refractivity contribution in [3.63, 3.8) is 0 Å². The zero-order valence-corrected chi connectivity index (χ0v) is 21.2. The molecule has 1 N–H and O–H groups in total. The van der Waals surface area contributed by atoms with Crippen LogP contribution in [0.1, 0.15) is 54.4 Å². The number of hydrogen-bond donors (Lipinski definition) is 1. The van der Waals surface area contributed by atoms with Gasteiger partial charge in [0.1, 0.15) is 0 Å². The highest BCUT2D eigenvalue weighted by Crippen LogP contribution is 2.41. The molecule has 1 aliphatic rings. The SMILES string of the molecule is CC(C)(C)[C@@H](O)[C@@H]1C[C@@H](O[Si](c2ccccc2)(c2ccccc2)C(C)(C)C)CCS1. The Balaban J connectivity index is 2.01. The molecule has 164 valence electrons. The molecule has 1 fully saturated rings. The van der Waals surface area contributed by atoms with Gasteiger partial charge in [-0.2, -0.15) is 11.8 Å². The molecule has 0 unspecified atom stereocenters. The van der Waals surface area contributed by atoms with E-state index in [2.05, 4.69) is 102 Å². The third-order valence-electron chi connectivity index (χ3n) is 6.27. The second-order valence-electron chi connectivity index (χ2n) is 10.6. The molecule has 0 spiro atoms. The predicted molar refractivity (Wildman–Crippen MR) is 133 cm³/mol. The molecular formula is C26H38O2SSi. The fourth-order valence-corrected chi connectivity index (χ4v) is 11.0. The quantitative estimate of drug-likeness (QED) is 0.643. The van der Waals surface area contributed by atoms with Gasteiger partial charge in [0.25, 0.3) is 8.32 Å². The summed E-state index contributed by atoms with van der Waals surface area (Å²) in [6, 6.07) is 21.7. The molecule has 0 bridgehead atoms. The first-order chi connectivity index (χ1) is 14.1. The molecule has 4 heteroatoms. The largest absolute Gasteiger partial charge is 0.404 e. The minimum Gasteiger partial charge on any atom is -0.404 e. The van der Waals surface area contributed by atoms with Crippen LogP contribution in [0.2, 0.25) is 5.04 Å². The third-order valence-corrected chi connectivity index (χ3v) is 12.7. The normalized spacial score (nSPS) is 22.0. The molecule has 30 heavy (non-hydrogen) atoms. The van der Waals surface area contributed by atoms with E-state index in [-0.39, 0.29) is 27.9 Å². The zero-order chi connectivity index (χ0) is 22.0. The van der Waals surface area contributed by atoms with Crippen LogP contribution < -0.4 is 10.4 Å². The molecule has 3 rings (SSSR count). The van der Waals surface area contributed by atoms with Crippen molar-refractivity contribution in [2.24, 2.45) is 5.41 Å². The Morgan fingerprint density at radius 3 is 1.83 bits per heavy atom. The van der Waals surface area contributed by atoms with Crippen molar-refractivity contribution < 1.29 is 9.53 Å². The minimum absolute atomic E-state index is 0.0154. The summed E-state index contributed by atoms with van der Waals surface area (Å²) in [5.41, 5.74) is -0.114. The van der Waals surface area contributed by atoms with Crippen LogP contribution in [0.3, 0.4) is 0 Å². The first-order valence-electron chi connectivity index (χ1n) is 11.1. The number of thioether (sulfide) groups is 1. The van der Waals surface area contributed by atoms with Gasteiger partial charge in [0.05, 0.1) is 6.10 Å². The molecule has 3 atom stereocenters. The fourth-order valence-electron chi connectivity index (χ4n) is 4.62. The highest BCUT2D eigenvalue weighted by Gasteiger charge is 2.52. The van der Waals surface area contributed by atoms with Gasteiger partial charge >= 0.3 is 0 Å². The molecule has 0 aliphatic carbocycles. The summed E-state index contributed by atoms with van der Waals surface area (Å²) in [5, 5.41) is 13.8. The number of hydrogen-bond acceptors (Lipinski definition) is 3. The smallest absolute Gasteiger partial charge is 0.261 e. The van der Waals surface area contributed by atoms with Crippen molar-refractivity contribution in [3.8, 4) is 0 Å². The molecule has 1 saturated heterocycles. The molecule has 2 aromatic carbocycles. The van der Waals surface area contributed by atoms with E-state index in [0.717, 1.165) is 18.6 Å². The summed E-state index contributed by atoms with van der Waals surface area (Å²) in [6.45, 7) is 13.4. The maximum Gasteiger partial charge on any atom is 0.261 e. The van der Waals surface area contributed by atoms with Crippen LogP contribution in [0.25, 0.3) is 0 Å². The van der Waals surface area contributed by atoms with E-state index >= 15 is 0 Å². The van der Waals surface area contributed by atoms with Gasteiger partial charge in [-0.15, -0.1) is 0 Å². The Morgan fingerprint density at radius 1 is 0.900 bits per heavy atom. The lowest BCUT2D eigenvalue weighted by molar-refractivity contribution is 0.0445. The lowest BCUT2D eigenvalue weighted by atomic mass is 9.85. The lowest BCUT2D eigenvalue weighted by Gasteiger charge is -2.47. The highest BCUT2D eigenvalue weighted by molar-refractivity contribution is 8.00. The first-order valence-corrected chi connectivity index (χ1v) is 14.1. The fraction of sp³-hybridized carbons (Fsp3) is 0.538. The predicted octanol–water partition coefficient (Wildman–Crippen LogP) is 5.23. The number of aliphatic hydroxyl groups is 1. The second kappa shape index (κ2) is 9.19. The van der Waals surface area contributed by atoms with E-state index in [0.29, 0.717) is 0 Å². The van der Waals surface area contributed by atoms with Crippen molar-refractivity contribution in [2.45, 2.75) is 76.9 Å². The number of rotatable bonds is 5. The van der Waals surface area contributed by atoms with Crippen molar-refractivity contribution in [1.82, 2.24) is 0 Å². The van der Waals surface area contributed by atoms with E-state index in [1.165, 1.54) is 10.4 Å². The monoisotopic (exact) mass is 442 g/mol. The summed E-state index contributed by atoms with van der Waals surface area (Å²) in [4.78, 5) is 0. The molecule has 2 aromatic rings. The maximum absolute atomic E-state index is 11.0. The number of benzene rings is 2. The third kappa shape index (κ3) is 4.88. The standard InChI is InChI=1S/C26H38O2SSi/c1-25(2,3)24(27)23-19-20(17-18-29-23)28-30(26(4,5)6,21-13-9-7-10-14-21)22-15-11-8-12-16-22/h7-16,20,23-24,27H,17-19H2,1-6H3/t20-,23-,24-/m0/s1. The Labute approximate surface area is 188 Å². The van der Waals surface area contributed by atoms with Crippen molar-refractivity contribution in [2.75, 3.05) is 5.75 Å². The van der Waals surface area contributed by atoms with Gasteiger partial charge in [-0.1, -0.05) is 102 Å². The first kappa shape index (κ1) is 23.6. The molecule has 0 amide bonds. The van der Waals surface area contributed by atoms with Gasteiger partial charge < -0.3 is 9.53 Å². The summed E-state index contributed by atoms with van der Waals surface area (Å²) in [7, 11) is -2.54. The van der Waals surface area contributed by atoms with Gasteiger partial charge in [-0.3, -0.25) is 0 Å². The average Bonchev–Trinajstić information content (AvgIpc) is 2.71. The van der Waals surface area contributed by atoms with Gasteiger partial charge in [0.15, 0.2) is 0 Å². The van der Waals surface area contributed by atoms with Crippen LogP contribution in [0, 0.1) is 5.41 Å². The zero-order valence-electron chi connectivity index (χ0n) is 19.4. The van der Waals surface area contributed by atoms with Crippen LogP contribution in [0.4, 0.5) is 0 Å². The Hall–Kier alpha value is -1.07. The summed E-state index contributed by atoms with van der Waals surface area (Å²) in [6.07, 6.45) is 1.79. The molecule has 2 nitrogen and oxygen atoms in total. The molecule has 0 radical (unpaired) electrons. The van der Waals surface area contributed by atoms with Gasteiger partial charge in [-0.25, -0.2) is 0 Å². The van der Waals surface area contributed by atoms with Crippen molar-refractivity contribution >= 4 is 30.5 Å². The second-order valence-corrected chi connectivity index (χ2v) is 16.2. The Kier molecular flexibility index (Phi) is 7.23. The molecular weight excluding hydrogens is 404 g/mol. The maximum atomic E-state index is 11.0. The molecule has 1 heterocycles. The van der Waals surface area contributed by atoms with E-state index in [1.54, 1.807) is 0 Å². The van der Waals surface area contributed by atoms with Crippen LogP contribution >= 0.6 is 11.8 Å². The summed E-state index contributed by atoms with van der Waals surface area (Å²) in [5.74, 6) is 1.04.